The number of hydrogen-bond donors (Lipinski definition) is 3. The van der Waals surface area contributed by atoms with E-state index in [0.29, 0.717) is 0 Å². The molecule has 1 atom stereocenters. The number of primary amides is 1. The van der Waals surface area contributed by atoms with E-state index in [2.05, 4.69) is 5.32 Å². The number of rotatable bonds is 8. The van der Waals surface area contributed by atoms with Crippen molar-refractivity contribution < 1.29 is 27.9 Å². The third-order valence-corrected chi connectivity index (χ3v) is 2.96. The molecular weight excluding hydrogens is 264 g/mol. The molecule has 18 heavy (non-hydrogen) atoms. The average Bonchev–Trinajstić information content (AvgIpc) is 2.19. The highest BCUT2D eigenvalue weighted by atomic mass is 32.2. The Balaban J connectivity index is 4.28. The van der Waals surface area contributed by atoms with Crippen LogP contribution < -0.4 is 11.1 Å². The van der Waals surface area contributed by atoms with E-state index < -0.39 is 33.7 Å². The molecule has 104 valence electrons. The van der Waals surface area contributed by atoms with Crippen LogP contribution in [-0.2, 0) is 24.2 Å². The molecule has 0 heterocycles. The molecule has 4 N–H and O–H groups in total. The van der Waals surface area contributed by atoms with Gasteiger partial charge in [-0.1, -0.05) is 0 Å². The first-order valence-electron chi connectivity index (χ1n) is 5.10. The van der Waals surface area contributed by atoms with Gasteiger partial charge in [-0.05, 0) is 6.42 Å². The third-order valence-electron chi connectivity index (χ3n) is 2.01. The molecule has 8 nitrogen and oxygen atoms in total. The first-order valence-corrected chi connectivity index (χ1v) is 7.16. The van der Waals surface area contributed by atoms with Crippen LogP contribution in [0.25, 0.3) is 0 Å². The minimum atomic E-state index is -3.28. The molecule has 0 bridgehead atoms. The smallest absolute Gasteiger partial charge is 0.326 e. The van der Waals surface area contributed by atoms with Crippen molar-refractivity contribution in [2.75, 3.05) is 12.0 Å². The van der Waals surface area contributed by atoms with Crippen LogP contribution in [0.3, 0.4) is 0 Å². The van der Waals surface area contributed by atoms with Gasteiger partial charge in [0.2, 0.25) is 11.8 Å². The molecule has 2 amide bonds. The number of carboxylic acid groups (broad SMARTS) is 1. The standard InChI is InChI=1S/C9H16N2O6S/c1-18(16,17)5-4-8(13)11-6(9(14)15)2-3-7(10)12/h6H,2-5H2,1H3,(H2,10,12)(H,11,13)(H,14,15)/t6-/m0/s1. The lowest BCUT2D eigenvalue weighted by Crippen LogP contribution is -2.41. The summed E-state index contributed by atoms with van der Waals surface area (Å²) in [7, 11) is -3.28. The molecule has 0 radical (unpaired) electrons. The Morgan fingerprint density at radius 1 is 1.28 bits per heavy atom. The second kappa shape index (κ2) is 6.94. The summed E-state index contributed by atoms with van der Waals surface area (Å²) >= 11 is 0. The fourth-order valence-electron chi connectivity index (χ4n) is 1.09. The molecule has 0 spiro atoms. The Hall–Kier alpha value is -1.64. The van der Waals surface area contributed by atoms with E-state index in [1.165, 1.54) is 0 Å². The van der Waals surface area contributed by atoms with E-state index >= 15 is 0 Å². The SMILES string of the molecule is CS(=O)(=O)CCC(=O)N[C@@H](CCC(N)=O)C(=O)O. The van der Waals surface area contributed by atoms with Gasteiger partial charge in [-0.15, -0.1) is 0 Å². The van der Waals surface area contributed by atoms with Crippen molar-refractivity contribution in [3.05, 3.63) is 0 Å². The normalized spacial score (nSPS) is 12.7. The summed E-state index contributed by atoms with van der Waals surface area (Å²) in [5, 5.41) is 10.9. The summed E-state index contributed by atoms with van der Waals surface area (Å²) in [5.41, 5.74) is 4.86. The van der Waals surface area contributed by atoms with Crippen molar-refractivity contribution in [2.45, 2.75) is 25.3 Å². The van der Waals surface area contributed by atoms with Crippen molar-refractivity contribution in [3.8, 4) is 0 Å². The number of carbonyl (C=O) groups excluding carboxylic acids is 2. The first-order chi connectivity index (χ1) is 8.11. The van der Waals surface area contributed by atoms with Crippen LogP contribution >= 0.6 is 0 Å². The highest BCUT2D eigenvalue weighted by molar-refractivity contribution is 7.90. The number of hydrogen-bond acceptors (Lipinski definition) is 5. The summed E-state index contributed by atoms with van der Waals surface area (Å²) in [6.07, 6.45) is 0.347. The molecule has 0 aliphatic carbocycles. The van der Waals surface area contributed by atoms with Crippen LogP contribution in [0.15, 0.2) is 0 Å². The number of carboxylic acids is 1. The fourth-order valence-corrected chi connectivity index (χ4v) is 1.64. The minimum absolute atomic E-state index is 0.130. The zero-order chi connectivity index (χ0) is 14.3. The fraction of sp³-hybridized carbons (Fsp3) is 0.667. The van der Waals surface area contributed by atoms with E-state index in [1.54, 1.807) is 0 Å². The van der Waals surface area contributed by atoms with E-state index in [0.717, 1.165) is 6.26 Å². The zero-order valence-electron chi connectivity index (χ0n) is 9.88. The predicted molar refractivity (Wildman–Crippen MR) is 62.3 cm³/mol. The minimum Gasteiger partial charge on any atom is -0.480 e. The lowest BCUT2D eigenvalue weighted by Gasteiger charge is -2.13. The number of amides is 2. The number of aliphatic carboxylic acids is 1. The number of sulfone groups is 1. The van der Waals surface area contributed by atoms with E-state index in [4.69, 9.17) is 10.8 Å². The molecule has 0 aromatic carbocycles. The van der Waals surface area contributed by atoms with E-state index in [-0.39, 0.29) is 25.0 Å². The molecule has 0 aliphatic rings. The van der Waals surface area contributed by atoms with Gasteiger partial charge in [0.25, 0.3) is 0 Å². The van der Waals surface area contributed by atoms with Crippen molar-refractivity contribution in [2.24, 2.45) is 5.73 Å². The predicted octanol–water partition coefficient (Wildman–Crippen LogP) is -1.74. The summed E-state index contributed by atoms with van der Waals surface area (Å²) in [4.78, 5) is 32.6. The molecule has 0 aromatic rings. The molecule has 0 saturated heterocycles. The lowest BCUT2D eigenvalue weighted by molar-refractivity contribution is -0.142. The van der Waals surface area contributed by atoms with Gasteiger partial charge in [-0.3, -0.25) is 9.59 Å². The molecule has 0 saturated carbocycles. The third kappa shape index (κ3) is 8.50. The summed E-state index contributed by atoms with van der Waals surface area (Å²) < 4.78 is 21.6. The summed E-state index contributed by atoms with van der Waals surface area (Å²) in [6, 6.07) is -1.25. The Bertz CT molecular complexity index is 430. The van der Waals surface area contributed by atoms with Crippen LogP contribution in [-0.4, -0.2) is 49.4 Å². The van der Waals surface area contributed by atoms with Gasteiger partial charge < -0.3 is 16.2 Å². The molecule has 0 fully saturated rings. The average molecular weight is 280 g/mol. The number of carbonyl (C=O) groups is 3. The molecule has 9 heteroatoms. The second-order valence-electron chi connectivity index (χ2n) is 3.84. The summed E-state index contributed by atoms with van der Waals surface area (Å²) in [5.74, 6) is -3.03. The number of nitrogens with one attached hydrogen (secondary N) is 1. The van der Waals surface area contributed by atoms with E-state index in [1.807, 2.05) is 0 Å². The van der Waals surface area contributed by atoms with Gasteiger partial charge in [0.15, 0.2) is 0 Å². The van der Waals surface area contributed by atoms with Gasteiger partial charge in [-0.2, -0.15) is 0 Å². The quantitative estimate of drug-likeness (QED) is 0.481. The van der Waals surface area contributed by atoms with Crippen LogP contribution in [0.2, 0.25) is 0 Å². The van der Waals surface area contributed by atoms with Crippen molar-refractivity contribution >= 4 is 27.6 Å². The molecule has 0 rings (SSSR count). The Kier molecular flexibility index (Phi) is 6.31. The molecule has 0 unspecified atom stereocenters. The monoisotopic (exact) mass is 280 g/mol. The van der Waals surface area contributed by atoms with Gasteiger partial charge in [0, 0.05) is 19.1 Å². The lowest BCUT2D eigenvalue weighted by atomic mass is 10.1. The van der Waals surface area contributed by atoms with Crippen LogP contribution in [0.1, 0.15) is 19.3 Å². The summed E-state index contributed by atoms with van der Waals surface area (Å²) in [6.45, 7) is 0. The van der Waals surface area contributed by atoms with Crippen LogP contribution in [0, 0.1) is 0 Å². The molecule has 0 aromatic heterocycles. The maximum atomic E-state index is 11.3. The van der Waals surface area contributed by atoms with E-state index in [9.17, 15) is 22.8 Å². The van der Waals surface area contributed by atoms with Gasteiger partial charge >= 0.3 is 5.97 Å². The van der Waals surface area contributed by atoms with Gasteiger partial charge in [0.1, 0.15) is 15.9 Å². The molecule has 0 aliphatic heterocycles. The van der Waals surface area contributed by atoms with Gasteiger partial charge in [0.05, 0.1) is 5.75 Å². The Morgan fingerprint density at radius 2 is 1.83 bits per heavy atom. The number of nitrogens with two attached hydrogens (primary N) is 1. The Morgan fingerprint density at radius 3 is 2.22 bits per heavy atom. The highest BCUT2D eigenvalue weighted by Crippen LogP contribution is 1.99. The van der Waals surface area contributed by atoms with Gasteiger partial charge in [-0.25, -0.2) is 13.2 Å². The highest BCUT2D eigenvalue weighted by Gasteiger charge is 2.20. The second-order valence-corrected chi connectivity index (χ2v) is 6.10. The first kappa shape index (κ1) is 16.4. The molecular formula is C9H16N2O6S. The van der Waals surface area contributed by atoms with Crippen molar-refractivity contribution in [1.29, 1.82) is 0 Å². The van der Waals surface area contributed by atoms with Crippen LogP contribution in [0.4, 0.5) is 0 Å². The Labute approximate surface area is 104 Å². The maximum Gasteiger partial charge on any atom is 0.326 e. The maximum absolute atomic E-state index is 11.3. The van der Waals surface area contributed by atoms with Crippen molar-refractivity contribution in [1.82, 2.24) is 5.32 Å². The zero-order valence-corrected chi connectivity index (χ0v) is 10.7. The van der Waals surface area contributed by atoms with Crippen LogP contribution in [0.5, 0.6) is 0 Å². The van der Waals surface area contributed by atoms with Crippen molar-refractivity contribution in [3.63, 3.8) is 0 Å². The topological polar surface area (TPSA) is 144 Å². The largest absolute Gasteiger partial charge is 0.480 e.